The molecule has 0 radical (unpaired) electrons. The fourth-order valence-corrected chi connectivity index (χ4v) is 3.74. The van der Waals surface area contributed by atoms with Crippen LogP contribution in [0, 0.1) is 6.92 Å². The predicted octanol–water partition coefficient (Wildman–Crippen LogP) is 3.87. The third-order valence-electron chi connectivity index (χ3n) is 4.18. The van der Waals surface area contributed by atoms with Gasteiger partial charge in [-0.3, -0.25) is 5.32 Å². The first-order valence-corrected chi connectivity index (χ1v) is 9.14. The number of fused-ring (bicyclic) bond motifs is 1. The summed E-state index contributed by atoms with van der Waals surface area (Å²) in [5.74, 6) is 0.860. The highest BCUT2D eigenvalue weighted by atomic mass is 32.1. The first-order chi connectivity index (χ1) is 11.6. The molecule has 0 aliphatic heterocycles. The number of ether oxygens (including phenoxy) is 1. The zero-order valence-corrected chi connectivity index (χ0v) is 15.0. The Labute approximate surface area is 146 Å². The van der Waals surface area contributed by atoms with E-state index >= 15 is 0 Å². The van der Waals surface area contributed by atoms with Gasteiger partial charge in [-0.15, -0.1) is 11.3 Å². The lowest BCUT2D eigenvalue weighted by Crippen LogP contribution is -2.34. The average Bonchev–Trinajstić information content (AvgIpc) is 2.98. The predicted molar refractivity (Wildman–Crippen MR) is 97.1 cm³/mol. The van der Waals surface area contributed by atoms with Gasteiger partial charge >= 0.3 is 6.03 Å². The summed E-state index contributed by atoms with van der Waals surface area (Å²) < 4.78 is 5.74. The number of hydrogen-bond acceptors (Lipinski definition) is 4. The van der Waals surface area contributed by atoms with Crippen LogP contribution in [0.2, 0.25) is 0 Å². The number of hydrogen-bond donors (Lipinski definition) is 1. The fraction of sp³-hybridized carbons (Fsp3) is 0.444. The molecule has 1 aromatic carbocycles. The number of aryl methyl sites for hydroxylation is 3. The number of thiazole rings is 1. The van der Waals surface area contributed by atoms with Gasteiger partial charge in [-0.1, -0.05) is 18.2 Å². The second-order valence-electron chi connectivity index (χ2n) is 6.06. The van der Waals surface area contributed by atoms with Crippen molar-refractivity contribution in [1.29, 1.82) is 0 Å². The van der Waals surface area contributed by atoms with Crippen LogP contribution in [0.3, 0.4) is 0 Å². The number of carbonyl (C=O) groups excluding carboxylic acids is 1. The molecular formula is C18H23N3O2S. The van der Waals surface area contributed by atoms with E-state index in [2.05, 4.69) is 10.3 Å². The van der Waals surface area contributed by atoms with Gasteiger partial charge in [0.15, 0.2) is 5.13 Å². The number of likely N-dealkylation sites (N-methyl/N-ethyl adjacent to an activating group) is 1. The summed E-state index contributed by atoms with van der Waals surface area (Å²) in [5, 5.41) is 3.60. The Kier molecular flexibility index (Phi) is 5.35. The van der Waals surface area contributed by atoms with Crippen LogP contribution in [-0.2, 0) is 12.8 Å². The van der Waals surface area contributed by atoms with E-state index in [1.165, 1.54) is 17.7 Å². The number of anilines is 1. The number of aromatic nitrogens is 1. The Morgan fingerprint density at radius 2 is 2.12 bits per heavy atom. The highest BCUT2D eigenvalue weighted by Crippen LogP contribution is 2.29. The molecule has 0 saturated heterocycles. The van der Waals surface area contributed by atoms with Crippen LogP contribution in [-0.4, -0.2) is 36.1 Å². The molecule has 0 saturated carbocycles. The van der Waals surface area contributed by atoms with Crippen molar-refractivity contribution < 1.29 is 9.53 Å². The van der Waals surface area contributed by atoms with E-state index in [0.717, 1.165) is 29.8 Å². The maximum Gasteiger partial charge on any atom is 0.323 e. The summed E-state index contributed by atoms with van der Waals surface area (Å²) in [6, 6.07) is 7.73. The van der Waals surface area contributed by atoms with Crippen molar-refractivity contribution in [1.82, 2.24) is 9.88 Å². The van der Waals surface area contributed by atoms with Crippen molar-refractivity contribution in [3.8, 4) is 5.75 Å². The quantitative estimate of drug-likeness (QED) is 0.895. The molecule has 2 amide bonds. The van der Waals surface area contributed by atoms with Crippen molar-refractivity contribution in [2.45, 2.75) is 32.6 Å². The molecule has 0 spiro atoms. The van der Waals surface area contributed by atoms with Crippen molar-refractivity contribution >= 4 is 22.5 Å². The zero-order chi connectivity index (χ0) is 16.9. The number of carbonyl (C=O) groups is 1. The molecule has 0 atom stereocenters. The number of para-hydroxylation sites is 1. The van der Waals surface area contributed by atoms with Crippen molar-refractivity contribution in [2.24, 2.45) is 0 Å². The lowest BCUT2D eigenvalue weighted by atomic mass is 10.0. The maximum atomic E-state index is 12.3. The summed E-state index contributed by atoms with van der Waals surface area (Å²) in [6.45, 7) is 2.99. The molecule has 0 fully saturated rings. The molecule has 5 nitrogen and oxygen atoms in total. The Bertz CT molecular complexity index is 691. The second-order valence-corrected chi connectivity index (χ2v) is 7.15. The van der Waals surface area contributed by atoms with E-state index in [1.54, 1.807) is 23.3 Å². The molecule has 1 heterocycles. The molecule has 6 heteroatoms. The van der Waals surface area contributed by atoms with Gasteiger partial charge in [-0.05, 0) is 44.2 Å². The minimum absolute atomic E-state index is 0.144. The van der Waals surface area contributed by atoms with Crippen LogP contribution in [0.4, 0.5) is 9.93 Å². The fourth-order valence-electron chi connectivity index (χ4n) is 2.70. The van der Waals surface area contributed by atoms with Crippen LogP contribution in [0.15, 0.2) is 24.3 Å². The maximum absolute atomic E-state index is 12.3. The molecule has 2 aromatic rings. The monoisotopic (exact) mass is 345 g/mol. The number of nitrogens with zero attached hydrogens (tertiary/aromatic N) is 2. The van der Waals surface area contributed by atoms with Gasteiger partial charge in [0.05, 0.1) is 12.2 Å². The standard InChI is InChI=1S/C18H23N3O2S/c1-13-7-3-5-9-15(13)23-12-11-21(2)18(22)20-17-19-14-8-4-6-10-16(14)24-17/h3,5,7,9H,4,6,8,10-12H2,1-2H3,(H,19,20,22). The average molecular weight is 345 g/mol. The molecule has 24 heavy (non-hydrogen) atoms. The highest BCUT2D eigenvalue weighted by Gasteiger charge is 2.17. The topological polar surface area (TPSA) is 54.5 Å². The first-order valence-electron chi connectivity index (χ1n) is 8.32. The van der Waals surface area contributed by atoms with E-state index < -0.39 is 0 Å². The smallest absolute Gasteiger partial charge is 0.323 e. The number of urea groups is 1. The van der Waals surface area contributed by atoms with Gasteiger partial charge < -0.3 is 9.64 Å². The second kappa shape index (κ2) is 7.66. The van der Waals surface area contributed by atoms with Gasteiger partial charge in [0.1, 0.15) is 12.4 Å². The van der Waals surface area contributed by atoms with Gasteiger partial charge in [0.25, 0.3) is 0 Å². The SMILES string of the molecule is Cc1ccccc1OCCN(C)C(=O)Nc1nc2c(s1)CCCC2. The molecular weight excluding hydrogens is 322 g/mol. The van der Waals surface area contributed by atoms with Gasteiger partial charge in [-0.2, -0.15) is 0 Å². The zero-order valence-electron chi connectivity index (χ0n) is 14.2. The number of rotatable bonds is 5. The third-order valence-corrected chi connectivity index (χ3v) is 5.26. The van der Waals surface area contributed by atoms with E-state index in [4.69, 9.17) is 4.74 Å². The van der Waals surface area contributed by atoms with Gasteiger partial charge in [0.2, 0.25) is 0 Å². The minimum atomic E-state index is -0.144. The van der Waals surface area contributed by atoms with E-state index in [0.29, 0.717) is 18.3 Å². The molecule has 1 N–H and O–H groups in total. The van der Waals surface area contributed by atoms with Crippen LogP contribution in [0.5, 0.6) is 5.75 Å². The lowest BCUT2D eigenvalue weighted by molar-refractivity contribution is 0.207. The number of amides is 2. The Hall–Kier alpha value is -2.08. The molecule has 1 aliphatic carbocycles. The summed E-state index contributed by atoms with van der Waals surface area (Å²) >= 11 is 1.60. The van der Waals surface area contributed by atoms with Crippen molar-refractivity contribution in [3.63, 3.8) is 0 Å². The third kappa shape index (κ3) is 4.06. The van der Waals surface area contributed by atoms with Crippen LogP contribution >= 0.6 is 11.3 Å². The van der Waals surface area contributed by atoms with E-state index in [9.17, 15) is 4.79 Å². The molecule has 1 aromatic heterocycles. The normalized spacial score (nSPS) is 13.2. The molecule has 3 rings (SSSR count). The van der Waals surface area contributed by atoms with Crippen LogP contribution in [0.25, 0.3) is 0 Å². The molecule has 0 bridgehead atoms. The first kappa shape index (κ1) is 16.8. The Morgan fingerprint density at radius 3 is 2.92 bits per heavy atom. The van der Waals surface area contributed by atoms with Crippen molar-refractivity contribution in [3.05, 3.63) is 40.4 Å². The van der Waals surface area contributed by atoms with Crippen LogP contribution < -0.4 is 10.1 Å². The summed E-state index contributed by atoms with van der Waals surface area (Å²) in [6.07, 6.45) is 4.53. The van der Waals surface area contributed by atoms with Crippen molar-refractivity contribution in [2.75, 3.05) is 25.5 Å². The Morgan fingerprint density at radius 1 is 1.33 bits per heavy atom. The van der Waals surface area contributed by atoms with E-state index in [-0.39, 0.29) is 6.03 Å². The highest BCUT2D eigenvalue weighted by molar-refractivity contribution is 7.15. The van der Waals surface area contributed by atoms with Gasteiger partial charge in [0, 0.05) is 11.9 Å². The molecule has 128 valence electrons. The molecule has 1 aliphatic rings. The molecule has 0 unspecified atom stereocenters. The van der Waals surface area contributed by atoms with Gasteiger partial charge in [-0.25, -0.2) is 9.78 Å². The lowest BCUT2D eigenvalue weighted by Gasteiger charge is -2.17. The van der Waals surface area contributed by atoms with E-state index in [1.807, 2.05) is 31.2 Å². The van der Waals surface area contributed by atoms with Crippen LogP contribution in [0.1, 0.15) is 29.0 Å². The number of nitrogens with one attached hydrogen (secondary N) is 1. The summed E-state index contributed by atoms with van der Waals surface area (Å²) in [7, 11) is 1.77. The summed E-state index contributed by atoms with van der Waals surface area (Å²) in [5.41, 5.74) is 2.25. The minimum Gasteiger partial charge on any atom is -0.491 e. The summed E-state index contributed by atoms with van der Waals surface area (Å²) in [4.78, 5) is 19.7. The Balaban J connectivity index is 1.48. The number of benzene rings is 1. The largest absolute Gasteiger partial charge is 0.491 e.